The van der Waals surface area contributed by atoms with Crippen molar-refractivity contribution < 1.29 is 0 Å². The number of hydrogen-bond acceptors (Lipinski definition) is 0. The van der Waals surface area contributed by atoms with E-state index in [-0.39, 0.29) is 0 Å². The second-order valence-electron chi connectivity index (χ2n) is 18.6. The van der Waals surface area contributed by atoms with Crippen molar-refractivity contribution in [3.8, 4) is 66.8 Å². The molecule has 0 fully saturated rings. The van der Waals surface area contributed by atoms with Crippen LogP contribution in [0.1, 0.15) is 0 Å². The maximum atomic E-state index is 2.44. The van der Waals surface area contributed by atoms with Crippen LogP contribution in [0.5, 0.6) is 0 Å². The molecule has 0 aliphatic heterocycles. The van der Waals surface area contributed by atoms with Crippen molar-refractivity contribution in [1.29, 1.82) is 0 Å². The monoisotopic (exact) mass is 884 g/mol. The van der Waals surface area contributed by atoms with E-state index in [1.54, 1.807) is 0 Å². The number of benzene rings is 14. The zero-order valence-corrected chi connectivity index (χ0v) is 38.4. The second kappa shape index (κ2) is 16.3. The molecule has 0 unspecified atom stereocenters. The van der Waals surface area contributed by atoms with Crippen LogP contribution in [-0.2, 0) is 0 Å². The highest BCUT2D eigenvalue weighted by Gasteiger charge is 2.20. The Hall–Kier alpha value is -9.10. The lowest BCUT2D eigenvalue weighted by Gasteiger charge is -2.19. The fourth-order valence-corrected chi connectivity index (χ4v) is 11.7. The highest BCUT2D eigenvalue weighted by Crippen LogP contribution is 2.48. The van der Waals surface area contributed by atoms with Gasteiger partial charge in [-0.15, -0.1) is 0 Å². The van der Waals surface area contributed by atoms with Crippen LogP contribution < -0.4 is 0 Å². The first kappa shape index (κ1) is 40.0. The molecule has 0 heterocycles. The topological polar surface area (TPSA) is 0 Å². The smallest absolute Gasteiger partial charge is 0.00262 e. The summed E-state index contributed by atoms with van der Waals surface area (Å²) in [6.07, 6.45) is 0. The van der Waals surface area contributed by atoms with Gasteiger partial charge < -0.3 is 0 Å². The summed E-state index contributed by atoms with van der Waals surface area (Å²) in [6.45, 7) is 0. The predicted molar refractivity (Wildman–Crippen MR) is 302 cm³/mol. The summed E-state index contributed by atoms with van der Waals surface area (Å²) in [4.78, 5) is 0. The third-order valence-corrected chi connectivity index (χ3v) is 14.8. The van der Waals surface area contributed by atoms with Gasteiger partial charge >= 0.3 is 0 Å². The van der Waals surface area contributed by atoms with Crippen molar-refractivity contribution in [2.75, 3.05) is 0 Å². The maximum Gasteiger partial charge on any atom is -0.00262 e. The van der Waals surface area contributed by atoms with Gasteiger partial charge in [0.25, 0.3) is 0 Å². The second-order valence-corrected chi connectivity index (χ2v) is 18.6. The van der Waals surface area contributed by atoms with E-state index >= 15 is 0 Å². The number of rotatable bonds is 6. The summed E-state index contributed by atoms with van der Waals surface area (Å²) >= 11 is 0. The minimum absolute atomic E-state index is 1.20. The van der Waals surface area contributed by atoms with Gasteiger partial charge in [0.1, 0.15) is 0 Å². The van der Waals surface area contributed by atoms with Gasteiger partial charge in [0, 0.05) is 0 Å². The molecular formula is C70H44. The first-order valence-corrected chi connectivity index (χ1v) is 24.3. The van der Waals surface area contributed by atoms with E-state index in [0.717, 1.165) is 0 Å². The van der Waals surface area contributed by atoms with Gasteiger partial charge in [-0.25, -0.2) is 0 Å². The van der Waals surface area contributed by atoms with Crippen molar-refractivity contribution in [2.45, 2.75) is 0 Å². The zero-order valence-electron chi connectivity index (χ0n) is 38.4. The molecule has 70 heavy (non-hydrogen) atoms. The zero-order chi connectivity index (χ0) is 46.1. The fourth-order valence-electron chi connectivity index (χ4n) is 11.7. The van der Waals surface area contributed by atoms with Gasteiger partial charge in [-0.05, 0) is 166 Å². The number of fused-ring (bicyclic) bond motifs is 10. The molecule has 14 rings (SSSR count). The van der Waals surface area contributed by atoms with Crippen LogP contribution >= 0.6 is 0 Å². The van der Waals surface area contributed by atoms with E-state index < -0.39 is 0 Å². The molecule has 0 heteroatoms. The Morgan fingerprint density at radius 3 is 0.614 bits per heavy atom. The summed E-state index contributed by atoms with van der Waals surface area (Å²) < 4.78 is 0. The summed E-state index contributed by atoms with van der Waals surface area (Å²) in [5.74, 6) is 0. The molecule has 14 aromatic rings. The summed E-state index contributed by atoms with van der Waals surface area (Å²) in [6, 6.07) is 98.9. The SMILES string of the molecule is c1ccc(-c2c3ccccc3c(-c3ccccc3)c3cc(-c4ccc5c6ccc(-c7ccc8c(-c9ccccc9)c9ccccc9c(-c9ccccc9)c8c7)cc6c6ccccc6c5c4)ccc23)cc1. The van der Waals surface area contributed by atoms with Gasteiger partial charge in [-0.2, -0.15) is 0 Å². The highest BCUT2D eigenvalue weighted by atomic mass is 14.2. The van der Waals surface area contributed by atoms with Crippen LogP contribution in [0.4, 0.5) is 0 Å². The van der Waals surface area contributed by atoms with E-state index in [0.29, 0.717) is 0 Å². The maximum absolute atomic E-state index is 2.44. The van der Waals surface area contributed by atoms with Crippen molar-refractivity contribution in [3.63, 3.8) is 0 Å². The van der Waals surface area contributed by atoms with Crippen LogP contribution in [0.15, 0.2) is 267 Å². The molecule has 0 saturated carbocycles. The molecular weight excluding hydrogens is 841 g/mol. The average Bonchev–Trinajstić information content (AvgIpc) is 3.44. The van der Waals surface area contributed by atoms with Gasteiger partial charge in [0.15, 0.2) is 0 Å². The van der Waals surface area contributed by atoms with Gasteiger partial charge in [-0.3, -0.25) is 0 Å². The Bertz CT molecular complexity index is 4060. The molecule has 324 valence electrons. The van der Waals surface area contributed by atoms with E-state index in [2.05, 4.69) is 267 Å². The van der Waals surface area contributed by atoms with Crippen LogP contribution in [0.3, 0.4) is 0 Å². The molecule has 0 amide bonds. The first-order valence-electron chi connectivity index (χ1n) is 24.3. The number of hydrogen-bond donors (Lipinski definition) is 0. The van der Waals surface area contributed by atoms with Crippen molar-refractivity contribution in [1.82, 2.24) is 0 Å². The summed E-state index contributed by atoms with van der Waals surface area (Å²) in [5.41, 5.74) is 14.8. The van der Waals surface area contributed by atoms with Crippen LogP contribution in [0, 0.1) is 0 Å². The molecule has 0 radical (unpaired) electrons. The average molecular weight is 885 g/mol. The van der Waals surface area contributed by atoms with Crippen LogP contribution in [0.25, 0.3) is 142 Å². The molecule has 0 bridgehead atoms. The minimum atomic E-state index is 1.20. The molecule has 0 spiro atoms. The third-order valence-electron chi connectivity index (χ3n) is 14.8. The Kier molecular flexibility index (Phi) is 9.32. The van der Waals surface area contributed by atoms with E-state index in [9.17, 15) is 0 Å². The Labute approximate surface area is 407 Å². The van der Waals surface area contributed by atoms with E-state index in [1.807, 2.05) is 0 Å². The summed E-state index contributed by atoms with van der Waals surface area (Å²) in [5, 5.41) is 17.7. The molecule has 0 aliphatic rings. The van der Waals surface area contributed by atoms with Crippen LogP contribution in [0.2, 0.25) is 0 Å². The Balaban J connectivity index is 0.955. The van der Waals surface area contributed by atoms with Crippen molar-refractivity contribution >= 4 is 75.4 Å². The molecule has 0 atom stereocenters. The molecule has 0 saturated heterocycles. The quantitative estimate of drug-likeness (QED) is 0.115. The molecule has 0 aromatic heterocycles. The molecule has 0 N–H and O–H groups in total. The Morgan fingerprint density at radius 1 is 0.114 bits per heavy atom. The largest absolute Gasteiger partial charge is 0.0622 e. The molecule has 0 nitrogen and oxygen atoms in total. The standard InChI is InChI=1S/C70H44/c1-5-19-45(20-6-1)67-57-29-15-17-31-59(57)69(47-23-9-3-10-24-47)65-43-51(35-39-61(65)67)49-33-37-55-56-38-34-50(42-64(56)54-28-14-13-27-53(54)63(55)41-49)52-36-40-62-66(44-52)70(48-25-11-4-12-26-48)60-32-18-16-30-58(60)68(62)46-21-7-2-8-22-46/h1-44H. The lowest BCUT2D eigenvalue weighted by molar-refractivity contribution is 1.64. The van der Waals surface area contributed by atoms with Crippen molar-refractivity contribution in [2.24, 2.45) is 0 Å². The van der Waals surface area contributed by atoms with Gasteiger partial charge in [-0.1, -0.05) is 243 Å². The third kappa shape index (κ3) is 6.38. The lowest BCUT2D eigenvalue weighted by atomic mass is 9.84. The van der Waals surface area contributed by atoms with Gasteiger partial charge in [0.05, 0.1) is 0 Å². The van der Waals surface area contributed by atoms with E-state index in [1.165, 1.54) is 142 Å². The highest BCUT2D eigenvalue weighted by molar-refractivity contribution is 6.27. The van der Waals surface area contributed by atoms with Crippen molar-refractivity contribution in [3.05, 3.63) is 267 Å². The van der Waals surface area contributed by atoms with E-state index in [4.69, 9.17) is 0 Å². The normalized spacial score (nSPS) is 11.7. The Morgan fingerprint density at radius 2 is 0.314 bits per heavy atom. The first-order chi connectivity index (χ1) is 34.7. The minimum Gasteiger partial charge on any atom is -0.0622 e. The van der Waals surface area contributed by atoms with Gasteiger partial charge in [0.2, 0.25) is 0 Å². The predicted octanol–water partition coefficient (Wildman–Crippen LogP) is 19.8. The lowest BCUT2D eigenvalue weighted by Crippen LogP contribution is -1.92. The molecule has 0 aliphatic carbocycles. The van der Waals surface area contributed by atoms with Crippen LogP contribution in [-0.4, -0.2) is 0 Å². The molecule has 14 aromatic carbocycles. The fraction of sp³-hybridized carbons (Fsp3) is 0. The summed E-state index contributed by atoms with van der Waals surface area (Å²) in [7, 11) is 0.